The molecule has 13 heavy (non-hydrogen) atoms. The van der Waals surface area contributed by atoms with E-state index in [4.69, 9.17) is 28.9 Å². The van der Waals surface area contributed by atoms with Crippen LogP contribution >= 0.6 is 35.6 Å². The highest BCUT2D eigenvalue weighted by atomic mass is 35.5. The fourth-order valence-corrected chi connectivity index (χ4v) is 3.46. The SMILES string of the molecule is C[C@H]1CC(N)=N[C@@]2(C)[C@@H]1C2(Cl)Cl.Cl. The molecule has 0 bridgehead atoms. The van der Waals surface area contributed by atoms with E-state index < -0.39 is 4.33 Å². The van der Waals surface area contributed by atoms with Gasteiger partial charge in [-0.25, -0.2) is 0 Å². The molecule has 0 aromatic rings. The summed E-state index contributed by atoms with van der Waals surface area (Å²) in [6.45, 7) is 4.09. The van der Waals surface area contributed by atoms with E-state index in [1.165, 1.54) is 0 Å². The fourth-order valence-electron chi connectivity index (χ4n) is 2.40. The molecule has 2 aliphatic rings. The van der Waals surface area contributed by atoms with Crippen LogP contribution in [0, 0.1) is 11.8 Å². The number of hydrogen-bond acceptors (Lipinski definition) is 2. The Morgan fingerprint density at radius 3 is 2.54 bits per heavy atom. The van der Waals surface area contributed by atoms with Crippen LogP contribution in [-0.4, -0.2) is 15.7 Å². The number of nitrogens with two attached hydrogens (primary N) is 1. The zero-order chi connectivity index (χ0) is 9.15. The number of fused-ring (bicyclic) bond motifs is 1. The maximum atomic E-state index is 6.12. The summed E-state index contributed by atoms with van der Waals surface area (Å²) in [5.74, 6) is 1.41. The van der Waals surface area contributed by atoms with Crippen LogP contribution in [0.5, 0.6) is 0 Å². The average molecular weight is 244 g/mol. The summed E-state index contributed by atoms with van der Waals surface area (Å²) in [5, 5.41) is 0. The number of hydrogen-bond donors (Lipinski definition) is 1. The van der Waals surface area contributed by atoms with Crippen molar-refractivity contribution in [2.24, 2.45) is 22.6 Å². The minimum atomic E-state index is -0.687. The molecule has 0 saturated heterocycles. The largest absolute Gasteiger partial charge is 0.387 e. The first kappa shape index (κ1) is 11.4. The molecule has 1 fully saturated rings. The van der Waals surface area contributed by atoms with Crippen molar-refractivity contribution in [1.29, 1.82) is 0 Å². The first-order valence-corrected chi connectivity index (χ1v) is 4.87. The van der Waals surface area contributed by atoms with Gasteiger partial charge in [-0.1, -0.05) is 30.1 Å². The van der Waals surface area contributed by atoms with Crippen LogP contribution in [0.4, 0.5) is 0 Å². The van der Waals surface area contributed by atoms with Gasteiger partial charge in [-0.3, -0.25) is 4.99 Å². The summed E-state index contributed by atoms with van der Waals surface area (Å²) in [6, 6.07) is 0. The van der Waals surface area contributed by atoms with Gasteiger partial charge in [0.05, 0.1) is 11.4 Å². The predicted molar refractivity (Wildman–Crippen MR) is 59.0 cm³/mol. The molecule has 0 unspecified atom stereocenters. The van der Waals surface area contributed by atoms with Crippen LogP contribution in [0.1, 0.15) is 20.3 Å². The van der Waals surface area contributed by atoms with Crippen molar-refractivity contribution in [3.05, 3.63) is 0 Å². The van der Waals surface area contributed by atoms with Crippen molar-refractivity contribution in [1.82, 2.24) is 0 Å². The Kier molecular flexibility index (Phi) is 2.56. The summed E-state index contributed by atoms with van der Waals surface area (Å²) >= 11 is 12.2. The molecule has 0 aromatic carbocycles. The van der Waals surface area contributed by atoms with Crippen molar-refractivity contribution >= 4 is 41.4 Å². The van der Waals surface area contributed by atoms with Crippen LogP contribution in [0.3, 0.4) is 0 Å². The third-order valence-electron chi connectivity index (χ3n) is 3.06. The molecule has 0 amide bonds. The first-order chi connectivity index (χ1) is 5.39. The van der Waals surface area contributed by atoms with Crippen LogP contribution in [0.2, 0.25) is 0 Å². The zero-order valence-corrected chi connectivity index (χ0v) is 9.88. The standard InChI is InChI=1S/C8H12Cl2N2.ClH/c1-4-3-5(11)12-7(2)6(4)8(7,9)10;/h4,6H,3H2,1-2H3,(H2,11,12);1H/t4-,6+,7-;/m0./s1. The fraction of sp³-hybridized carbons (Fsp3) is 0.875. The molecule has 0 radical (unpaired) electrons. The lowest BCUT2D eigenvalue weighted by Gasteiger charge is -2.18. The molecule has 0 aromatic heterocycles. The molecule has 0 spiro atoms. The van der Waals surface area contributed by atoms with Gasteiger partial charge in [-0.2, -0.15) is 0 Å². The Labute approximate surface area is 94.3 Å². The molecule has 1 aliphatic heterocycles. The number of aliphatic imine (C=N–C) groups is 1. The van der Waals surface area contributed by atoms with E-state index in [0.717, 1.165) is 6.42 Å². The molecule has 76 valence electrons. The molecule has 2 rings (SSSR count). The van der Waals surface area contributed by atoms with Crippen molar-refractivity contribution in [2.75, 3.05) is 0 Å². The van der Waals surface area contributed by atoms with E-state index in [0.29, 0.717) is 11.8 Å². The monoisotopic (exact) mass is 242 g/mol. The summed E-state index contributed by atoms with van der Waals surface area (Å²) in [5.41, 5.74) is 5.36. The van der Waals surface area contributed by atoms with Gasteiger partial charge in [0.25, 0.3) is 0 Å². The van der Waals surface area contributed by atoms with E-state index in [1.54, 1.807) is 0 Å². The van der Waals surface area contributed by atoms with Crippen molar-refractivity contribution in [3.8, 4) is 0 Å². The maximum absolute atomic E-state index is 6.12. The Balaban J connectivity index is 0.000000845. The van der Waals surface area contributed by atoms with Gasteiger partial charge >= 0.3 is 0 Å². The number of nitrogens with zero attached hydrogens (tertiary/aromatic N) is 1. The van der Waals surface area contributed by atoms with Crippen LogP contribution < -0.4 is 5.73 Å². The zero-order valence-electron chi connectivity index (χ0n) is 7.55. The molecular formula is C8H13Cl3N2. The second-order valence-electron chi connectivity index (χ2n) is 4.03. The van der Waals surface area contributed by atoms with Gasteiger partial charge in [0.2, 0.25) is 0 Å². The quantitative estimate of drug-likeness (QED) is 0.652. The van der Waals surface area contributed by atoms with Crippen LogP contribution in [0.15, 0.2) is 4.99 Å². The Bertz CT molecular complexity index is 264. The topological polar surface area (TPSA) is 38.4 Å². The van der Waals surface area contributed by atoms with Crippen LogP contribution in [-0.2, 0) is 0 Å². The van der Waals surface area contributed by atoms with E-state index in [1.807, 2.05) is 6.92 Å². The highest BCUT2D eigenvalue weighted by Gasteiger charge is 2.76. The molecule has 2 nitrogen and oxygen atoms in total. The van der Waals surface area contributed by atoms with Crippen molar-refractivity contribution in [2.45, 2.75) is 30.1 Å². The van der Waals surface area contributed by atoms with Gasteiger partial charge in [0.15, 0.2) is 0 Å². The predicted octanol–water partition coefficient (Wildman–Crippen LogP) is 2.37. The average Bonchev–Trinajstić information content (AvgIpc) is 2.24. The van der Waals surface area contributed by atoms with E-state index in [2.05, 4.69) is 11.9 Å². The van der Waals surface area contributed by atoms with Gasteiger partial charge < -0.3 is 5.73 Å². The Morgan fingerprint density at radius 2 is 2.08 bits per heavy atom. The summed E-state index contributed by atoms with van der Waals surface area (Å²) in [7, 11) is 0. The van der Waals surface area contributed by atoms with Gasteiger partial charge in [0.1, 0.15) is 4.33 Å². The van der Waals surface area contributed by atoms with Gasteiger partial charge in [-0.15, -0.1) is 12.4 Å². The molecule has 3 atom stereocenters. The lowest BCUT2D eigenvalue weighted by Crippen LogP contribution is -2.26. The summed E-state index contributed by atoms with van der Waals surface area (Å²) in [4.78, 5) is 4.32. The second-order valence-corrected chi connectivity index (χ2v) is 5.42. The maximum Gasteiger partial charge on any atom is 0.148 e. The van der Waals surface area contributed by atoms with E-state index >= 15 is 0 Å². The molecule has 1 aliphatic carbocycles. The van der Waals surface area contributed by atoms with Crippen molar-refractivity contribution < 1.29 is 0 Å². The first-order valence-electron chi connectivity index (χ1n) is 4.11. The smallest absolute Gasteiger partial charge is 0.148 e. The molecule has 5 heteroatoms. The van der Waals surface area contributed by atoms with E-state index in [-0.39, 0.29) is 23.9 Å². The van der Waals surface area contributed by atoms with Gasteiger partial charge in [-0.05, 0) is 12.8 Å². The Hall–Kier alpha value is 0.340. The molecule has 1 heterocycles. The molecular weight excluding hydrogens is 230 g/mol. The van der Waals surface area contributed by atoms with Crippen molar-refractivity contribution in [3.63, 3.8) is 0 Å². The second kappa shape index (κ2) is 2.91. The highest BCUT2D eigenvalue weighted by Crippen LogP contribution is 2.69. The minimum absolute atomic E-state index is 0. The van der Waals surface area contributed by atoms with Gasteiger partial charge in [0, 0.05) is 12.3 Å². The minimum Gasteiger partial charge on any atom is -0.387 e. The molecule has 2 N–H and O–H groups in total. The summed E-state index contributed by atoms with van der Waals surface area (Å²) in [6.07, 6.45) is 0.821. The number of rotatable bonds is 0. The number of alkyl halides is 2. The third kappa shape index (κ3) is 1.26. The third-order valence-corrected chi connectivity index (χ3v) is 4.30. The number of amidine groups is 1. The number of halogens is 3. The Morgan fingerprint density at radius 1 is 1.54 bits per heavy atom. The van der Waals surface area contributed by atoms with E-state index in [9.17, 15) is 0 Å². The molecule has 1 saturated carbocycles. The lowest BCUT2D eigenvalue weighted by molar-refractivity contribution is 0.451. The normalized spacial score (nSPS) is 45.7. The van der Waals surface area contributed by atoms with Crippen LogP contribution in [0.25, 0.3) is 0 Å². The highest BCUT2D eigenvalue weighted by molar-refractivity contribution is 6.52. The summed E-state index contributed by atoms with van der Waals surface area (Å²) < 4.78 is -0.687. The lowest BCUT2D eigenvalue weighted by atomic mass is 9.96.